The molecule has 1 aromatic rings. The van der Waals surface area contributed by atoms with Crippen LogP contribution in [0.2, 0.25) is 0 Å². The van der Waals surface area contributed by atoms with Gasteiger partial charge in [0, 0.05) is 38.0 Å². The van der Waals surface area contributed by atoms with Crippen molar-refractivity contribution in [3.05, 3.63) is 34.9 Å². The lowest BCUT2D eigenvalue weighted by atomic mass is 9.74. The van der Waals surface area contributed by atoms with Gasteiger partial charge in [0.1, 0.15) is 6.04 Å². The van der Waals surface area contributed by atoms with Gasteiger partial charge in [-0.25, -0.2) is 0 Å². The molecule has 4 aliphatic heterocycles. The summed E-state index contributed by atoms with van der Waals surface area (Å²) in [5, 5.41) is 5.70. The first-order valence-corrected chi connectivity index (χ1v) is 10.2. The molecule has 5 rings (SSSR count). The van der Waals surface area contributed by atoms with Gasteiger partial charge in [0.2, 0.25) is 11.8 Å². The quantitative estimate of drug-likeness (QED) is 0.712. The average Bonchev–Trinajstić information content (AvgIpc) is 2.92. The van der Waals surface area contributed by atoms with Crippen molar-refractivity contribution in [1.29, 1.82) is 0 Å². The van der Waals surface area contributed by atoms with E-state index in [1.807, 2.05) is 6.07 Å². The van der Waals surface area contributed by atoms with Crippen molar-refractivity contribution in [3.8, 4) is 0 Å². The van der Waals surface area contributed by atoms with Gasteiger partial charge < -0.3 is 5.32 Å². The number of hydrogen-bond donors (Lipinski definition) is 2. The van der Waals surface area contributed by atoms with Gasteiger partial charge >= 0.3 is 0 Å². The lowest BCUT2D eigenvalue weighted by Crippen LogP contribution is -2.61. The molecule has 0 saturated carbocycles. The highest BCUT2D eigenvalue weighted by molar-refractivity contribution is 6.23. The highest BCUT2D eigenvalue weighted by Crippen LogP contribution is 2.37. The van der Waals surface area contributed by atoms with E-state index in [1.165, 1.54) is 12.8 Å². The number of fused-ring (bicyclic) bond motifs is 1. The summed E-state index contributed by atoms with van der Waals surface area (Å²) in [5.41, 5.74) is 2.07. The van der Waals surface area contributed by atoms with E-state index < -0.39 is 23.8 Å². The maximum Gasteiger partial charge on any atom is 0.262 e. The van der Waals surface area contributed by atoms with Gasteiger partial charge in [-0.05, 0) is 43.5 Å². The smallest absolute Gasteiger partial charge is 0.262 e. The largest absolute Gasteiger partial charge is 0.316 e. The topological polar surface area (TPSA) is 98.8 Å². The predicted octanol–water partition coefficient (Wildman–Crippen LogP) is 0.273. The lowest BCUT2D eigenvalue weighted by Gasteiger charge is -2.52. The van der Waals surface area contributed by atoms with Crippen molar-refractivity contribution in [2.45, 2.75) is 38.3 Å². The van der Waals surface area contributed by atoms with Crippen LogP contribution >= 0.6 is 0 Å². The fourth-order valence-corrected chi connectivity index (χ4v) is 5.19. The summed E-state index contributed by atoms with van der Waals surface area (Å²) < 4.78 is 0. The summed E-state index contributed by atoms with van der Waals surface area (Å²) in [4.78, 5) is 52.6. The maximum atomic E-state index is 12.9. The van der Waals surface area contributed by atoms with Crippen LogP contribution in [-0.2, 0) is 16.1 Å². The molecule has 3 fully saturated rings. The van der Waals surface area contributed by atoms with E-state index >= 15 is 0 Å². The number of benzene rings is 1. The second-order valence-corrected chi connectivity index (χ2v) is 8.75. The highest BCUT2D eigenvalue weighted by Gasteiger charge is 2.45. The summed E-state index contributed by atoms with van der Waals surface area (Å²) in [7, 11) is 0. The number of nitrogens with zero attached hydrogens (tertiary/aromatic N) is 2. The number of piperidine rings is 2. The van der Waals surface area contributed by atoms with Crippen molar-refractivity contribution in [3.63, 3.8) is 0 Å². The van der Waals surface area contributed by atoms with E-state index in [1.54, 1.807) is 12.1 Å². The minimum atomic E-state index is -0.919. The molecule has 1 unspecified atom stereocenters. The monoisotopic (exact) mass is 396 g/mol. The zero-order valence-corrected chi connectivity index (χ0v) is 16.2. The predicted molar refractivity (Wildman–Crippen MR) is 103 cm³/mol. The van der Waals surface area contributed by atoms with Gasteiger partial charge in [0.05, 0.1) is 11.1 Å². The maximum absolute atomic E-state index is 12.9. The van der Waals surface area contributed by atoms with Crippen molar-refractivity contribution >= 4 is 23.6 Å². The van der Waals surface area contributed by atoms with E-state index in [0.29, 0.717) is 16.5 Å². The molecule has 0 aromatic heterocycles. The van der Waals surface area contributed by atoms with E-state index in [2.05, 4.69) is 15.5 Å². The standard InChI is InChI=1S/C21H24N4O4/c26-17-5-4-16(18(27)23-17)25-19(28)14-3-2-13(8-15(14)20(25)29)9-24-11-21(12-24)6-1-7-22-10-21/h2-3,8,16,22H,1,4-7,9-12H2,(H,23,26,27). The van der Waals surface area contributed by atoms with Gasteiger partial charge in [-0.3, -0.25) is 34.3 Å². The van der Waals surface area contributed by atoms with E-state index in [-0.39, 0.29) is 18.7 Å². The molecule has 0 radical (unpaired) electrons. The molecule has 152 valence electrons. The molecule has 2 N–H and O–H groups in total. The molecule has 8 nitrogen and oxygen atoms in total. The zero-order chi connectivity index (χ0) is 20.2. The van der Waals surface area contributed by atoms with Crippen molar-refractivity contribution in [1.82, 2.24) is 20.4 Å². The van der Waals surface area contributed by atoms with Gasteiger partial charge in [-0.15, -0.1) is 0 Å². The molecule has 0 bridgehead atoms. The van der Waals surface area contributed by atoms with Gasteiger partial charge in [-0.1, -0.05) is 6.07 Å². The summed E-state index contributed by atoms with van der Waals surface area (Å²) in [6, 6.07) is 4.44. The Kier molecular flexibility index (Phi) is 4.29. The second kappa shape index (κ2) is 6.74. The zero-order valence-electron chi connectivity index (χ0n) is 16.2. The van der Waals surface area contributed by atoms with E-state index in [9.17, 15) is 19.2 Å². The summed E-state index contributed by atoms with van der Waals surface area (Å²) in [6.45, 7) is 5.02. The Morgan fingerprint density at radius 2 is 1.86 bits per heavy atom. The van der Waals surface area contributed by atoms with Crippen LogP contribution in [0.3, 0.4) is 0 Å². The van der Waals surface area contributed by atoms with Crippen LogP contribution in [0.1, 0.15) is 52.0 Å². The fraction of sp³-hybridized carbons (Fsp3) is 0.524. The summed E-state index contributed by atoms with van der Waals surface area (Å²) in [6.07, 6.45) is 2.78. The third-order valence-electron chi connectivity index (χ3n) is 6.59. The molecule has 1 spiro atoms. The normalized spacial score (nSPS) is 26.5. The first-order valence-electron chi connectivity index (χ1n) is 10.2. The summed E-state index contributed by atoms with van der Waals surface area (Å²) >= 11 is 0. The number of imide groups is 2. The number of hydrogen-bond acceptors (Lipinski definition) is 6. The Bertz CT molecular complexity index is 913. The molecular formula is C21H24N4O4. The minimum absolute atomic E-state index is 0.126. The van der Waals surface area contributed by atoms with Crippen LogP contribution in [-0.4, -0.2) is 65.6 Å². The fourth-order valence-electron chi connectivity index (χ4n) is 5.19. The SMILES string of the molecule is O=C1CCC(N2C(=O)c3ccc(CN4CC5(CCCNC5)C4)cc3C2=O)C(=O)N1. The van der Waals surface area contributed by atoms with Gasteiger partial charge in [0.25, 0.3) is 11.8 Å². The van der Waals surface area contributed by atoms with Crippen LogP contribution in [0.25, 0.3) is 0 Å². The van der Waals surface area contributed by atoms with Gasteiger partial charge in [0.15, 0.2) is 0 Å². The Morgan fingerprint density at radius 3 is 2.59 bits per heavy atom. The highest BCUT2D eigenvalue weighted by atomic mass is 16.2. The summed E-state index contributed by atoms with van der Waals surface area (Å²) in [5.74, 6) is -1.85. The third-order valence-corrected chi connectivity index (χ3v) is 6.59. The Balaban J connectivity index is 1.30. The minimum Gasteiger partial charge on any atom is -0.316 e. The van der Waals surface area contributed by atoms with Crippen molar-refractivity contribution in [2.24, 2.45) is 5.41 Å². The molecule has 3 saturated heterocycles. The number of nitrogens with one attached hydrogen (secondary N) is 2. The molecule has 8 heteroatoms. The average molecular weight is 396 g/mol. The van der Waals surface area contributed by atoms with Crippen LogP contribution in [0, 0.1) is 5.41 Å². The number of amides is 4. The van der Waals surface area contributed by atoms with Crippen LogP contribution < -0.4 is 10.6 Å². The molecule has 4 amide bonds. The molecule has 0 aliphatic carbocycles. The Morgan fingerprint density at radius 1 is 1.07 bits per heavy atom. The van der Waals surface area contributed by atoms with Crippen LogP contribution in [0.4, 0.5) is 0 Å². The van der Waals surface area contributed by atoms with Gasteiger partial charge in [-0.2, -0.15) is 0 Å². The Hall–Kier alpha value is -2.58. The molecule has 4 heterocycles. The first kappa shape index (κ1) is 18.4. The Labute approximate surface area is 168 Å². The molecule has 1 atom stereocenters. The lowest BCUT2D eigenvalue weighted by molar-refractivity contribution is -0.136. The number of likely N-dealkylation sites (tertiary alicyclic amines) is 1. The van der Waals surface area contributed by atoms with Crippen LogP contribution in [0.5, 0.6) is 0 Å². The second-order valence-electron chi connectivity index (χ2n) is 8.75. The van der Waals surface area contributed by atoms with Crippen molar-refractivity contribution in [2.75, 3.05) is 26.2 Å². The third kappa shape index (κ3) is 3.07. The van der Waals surface area contributed by atoms with E-state index in [4.69, 9.17) is 0 Å². The number of carbonyl (C=O) groups excluding carboxylic acids is 4. The van der Waals surface area contributed by atoms with E-state index in [0.717, 1.165) is 43.2 Å². The number of rotatable bonds is 3. The molecule has 4 aliphatic rings. The van der Waals surface area contributed by atoms with Crippen molar-refractivity contribution < 1.29 is 19.2 Å². The first-order chi connectivity index (χ1) is 14.0. The molecule has 29 heavy (non-hydrogen) atoms. The molecular weight excluding hydrogens is 372 g/mol. The molecule has 1 aromatic carbocycles. The number of carbonyl (C=O) groups is 4. The van der Waals surface area contributed by atoms with Crippen LogP contribution in [0.15, 0.2) is 18.2 Å².